The lowest BCUT2D eigenvalue weighted by molar-refractivity contribution is -0.147. The van der Waals surface area contributed by atoms with E-state index in [0.29, 0.717) is 6.42 Å². The fourth-order valence-electron chi connectivity index (χ4n) is 1.99. The number of carbonyl (C=O) groups excluding carboxylic acids is 1. The van der Waals surface area contributed by atoms with E-state index in [9.17, 15) is 9.59 Å². The maximum absolute atomic E-state index is 11.8. The molecule has 1 heterocycles. The summed E-state index contributed by atoms with van der Waals surface area (Å²) in [7, 11) is 0. The zero-order chi connectivity index (χ0) is 12.2. The standard InChI is InChI=1S/C11H20N2O3/c1-3-6-11(2,10(15)16)13-9(14)8-5-4-7-12-8/h8,12H,3-7H2,1-2H3,(H,13,14)(H,15,16)/t8-,11?/m0/s1. The van der Waals surface area contributed by atoms with Crippen molar-refractivity contribution in [3.05, 3.63) is 0 Å². The number of carboxylic acid groups (broad SMARTS) is 1. The van der Waals surface area contributed by atoms with Gasteiger partial charge in [0.1, 0.15) is 5.54 Å². The van der Waals surface area contributed by atoms with Crippen LogP contribution in [0.5, 0.6) is 0 Å². The highest BCUT2D eigenvalue weighted by Gasteiger charge is 2.36. The number of nitrogens with one attached hydrogen (secondary N) is 2. The van der Waals surface area contributed by atoms with Gasteiger partial charge in [0.15, 0.2) is 0 Å². The van der Waals surface area contributed by atoms with E-state index in [1.807, 2.05) is 6.92 Å². The van der Waals surface area contributed by atoms with E-state index in [-0.39, 0.29) is 11.9 Å². The minimum atomic E-state index is -1.14. The van der Waals surface area contributed by atoms with Crippen LogP contribution >= 0.6 is 0 Å². The Kier molecular flexibility index (Phi) is 4.29. The zero-order valence-corrected chi connectivity index (χ0v) is 9.88. The van der Waals surface area contributed by atoms with E-state index >= 15 is 0 Å². The first-order chi connectivity index (χ1) is 7.49. The Balaban J connectivity index is 2.60. The van der Waals surface area contributed by atoms with Crippen LogP contribution in [-0.4, -0.2) is 35.1 Å². The van der Waals surface area contributed by atoms with Crippen molar-refractivity contribution in [2.45, 2.75) is 51.1 Å². The van der Waals surface area contributed by atoms with Gasteiger partial charge in [0, 0.05) is 0 Å². The number of amides is 1. The molecule has 0 aliphatic carbocycles. The molecular weight excluding hydrogens is 208 g/mol. The van der Waals surface area contributed by atoms with Crippen molar-refractivity contribution in [1.82, 2.24) is 10.6 Å². The summed E-state index contributed by atoms with van der Waals surface area (Å²) in [6, 6.07) is -0.226. The van der Waals surface area contributed by atoms with Crippen LogP contribution in [0.15, 0.2) is 0 Å². The molecule has 1 fully saturated rings. The van der Waals surface area contributed by atoms with Crippen molar-refractivity contribution in [2.75, 3.05) is 6.54 Å². The summed E-state index contributed by atoms with van der Waals surface area (Å²) >= 11 is 0. The Morgan fingerprint density at radius 2 is 2.25 bits per heavy atom. The first-order valence-electron chi connectivity index (χ1n) is 5.78. The predicted octanol–water partition coefficient (Wildman–Crippen LogP) is 0.498. The molecule has 0 radical (unpaired) electrons. The van der Waals surface area contributed by atoms with Gasteiger partial charge in [-0.2, -0.15) is 0 Å². The van der Waals surface area contributed by atoms with Gasteiger partial charge < -0.3 is 15.7 Å². The summed E-state index contributed by atoms with van der Waals surface area (Å²) in [6.45, 7) is 4.29. The Morgan fingerprint density at radius 3 is 2.69 bits per heavy atom. The molecule has 5 nitrogen and oxygen atoms in total. The van der Waals surface area contributed by atoms with Crippen molar-refractivity contribution in [1.29, 1.82) is 0 Å². The lowest BCUT2D eigenvalue weighted by Gasteiger charge is -2.27. The fourth-order valence-corrected chi connectivity index (χ4v) is 1.99. The smallest absolute Gasteiger partial charge is 0.329 e. The Hall–Kier alpha value is -1.10. The second-order valence-corrected chi connectivity index (χ2v) is 4.53. The van der Waals surface area contributed by atoms with E-state index in [2.05, 4.69) is 10.6 Å². The van der Waals surface area contributed by atoms with Crippen LogP contribution in [0.25, 0.3) is 0 Å². The highest BCUT2D eigenvalue weighted by Crippen LogP contribution is 2.14. The predicted molar refractivity (Wildman–Crippen MR) is 60.1 cm³/mol. The number of carbonyl (C=O) groups is 2. The Bertz CT molecular complexity index is 274. The molecule has 5 heteroatoms. The normalized spacial score (nSPS) is 23.8. The van der Waals surface area contributed by atoms with Crippen LogP contribution in [0, 0.1) is 0 Å². The lowest BCUT2D eigenvalue weighted by atomic mass is 9.95. The third kappa shape index (κ3) is 2.95. The van der Waals surface area contributed by atoms with Crippen LogP contribution in [0.3, 0.4) is 0 Å². The summed E-state index contributed by atoms with van der Waals surface area (Å²) in [5.41, 5.74) is -1.14. The number of aliphatic carboxylic acids is 1. The summed E-state index contributed by atoms with van der Waals surface area (Å²) < 4.78 is 0. The molecule has 16 heavy (non-hydrogen) atoms. The van der Waals surface area contributed by atoms with Crippen LogP contribution in [0.2, 0.25) is 0 Å². The second kappa shape index (κ2) is 5.30. The van der Waals surface area contributed by atoms with Crippen LogP contribution in [-0.2, 0) is 9.59 Å². The summed E-state index contributed by atoms with van der Waals surface area (Å²) in [4.78, 5) is 22.9. The van der Waals surface area contributed by atoms with Crippen molar-refractivity contribution in [2.24, 2.45) is 0 Å². The number of rotatable bonds is 5. The molecule has 92 valence electrons. The van der Waals surface area contributed by atoms with Gasteiger partial charge in [-0.1, -0.05) is 13.3 Å². The first-order valence-corrected chi connectivity index (χ1v) is 5.78. The van der Waals surface area contributed by atoms with Gasteiger partial charge in [0.05, 0.1) is 6.04 Å². The van der Waals surface area contributed by atoms with E-state index < -0.39 is 11.5 Å². The Labute approximate surface area is 95.6 Å². The third-order valence-electron chi connectivity index (χ3n) is 3.00. The maximum Gasteiger partial charge on any atom is 0.329 e. The van der Waals surface area contributed by atoms with Gasteiger partial charge in [-0.3, -0.25) is 4.79 Å². The summed E-state index contributed by atoms with van der Waals surface area (Å²) in [5.74, 6) is -1.17. The molecule has 0 aromatic carbocycles. The van der Waals surface area contributed by atoms with Crippen molar-refractivity contribution in [3.8, 4) is 0 Å². The van der Waals surface area contributed by atoms with Crippen molar-refractivity contribution < 1.29 is 14.7 Å². The molecule has 0 spiro atoms. The van der Waals surface area contributed by atoms with Crippen molar-refractivity contribution >= 4 is 11.9 Å². The third-order valence-corrected chi connectivity index (χ3v) is 3.00. The maximum atomic E-state index is 11.8. The monoisotopic (exact) mass is 228 g/mol. The van der Waals surface area contributed by atoms with Crippen LogP contribution in [0.1, 0.15) is 39.5 Å². The van der Waals surface area contributed by atoms with Gasteiger partial charge in [-0.15, -0.1) is 0 Å². The van der Waals surface area contributed by atoms with Gasteiger partial charge >= 0.3 is 5.97 Å². The van der Waals surface area contributed by atoms with Gasteiger partial charge in [0.2, 0.25) is 5.91 Å². The SMILES string of the molecule is CCCC(C)(NC(=O)[C@@H]1CCCN1)C(=O)O. The second-order valence-electron chi connectivity index (χ2n) is 4.53. The fraction of sp³-hybridized carbons (Fsp3) is 0.818. The minimum Gasteiger partial charge on any atom is -0.480 e. The van der Waals surface area contributed by atoms with Crippen LogP contribution < -0.4 is 10.6 Å². The molecule has 1 rings (SSSR count). The highest BCUT2D eigenvalue weighted by molar-refractivity contribution is 5.89. The molecule has 0 bridgehead atoms. The molecule has 0 aromatic rings. The molecule has 1 aliphatic rings. The van der Waals surface area contributed by atoms with E-state index in [1.54, 1.807) is 6.92 Å². The average molecular weight is 228 g/mol. The zero-order valence-electron chi connectivity index (χ0n) is 9.88. The quantitative estimate of drug-likeness (QED) is 0.640. The number of hydrogen-bond acceptors (Lipinski definition) is 3. The number of hydrogen-bond donors (Lipinski definition) is 3. The number of carboxylic acids is 1. The topological polar surface area (TPSA) is 78.4 Å². The molecule has 0 saturated carbocycles. The molecule has 0 aromatic heterocycles. The molecule has 1 amide bonds. The lowest BCUT2D eigenvalue weighted by Crippen LogP contribution is -2.56. The molecule has 2 atom stereocenters. The van der Waals surface area contributed by atoms with Gasteiger partial charge in [0.25, 0.3) is 0 Å². The van der Waals surface area contributed by atoms with Gasteiger partial charge in [-0.25, -0.2) is 4.79 Å². The minimum absolute atomic E-state index is 0.198. The summed E-state index contributed by atoms with van der Waals surface area (Å²) in [5, 5.41) is 14.8. The largest absolute Gasteiger partial charge is 0.480 e. The molecule has 1 aliphatic heterocycles. The van der Waals surface area contributed by atoms with E-state index in [4.69, 9.17) is 5.11 Å². The van der Waals surface area contributed by atoms with E-state index in [1.165, 1.54) is 0 Å². The van der Waals surface area contributed by atoms with E-state index in [0.717, 1.165) is 25.8 Å². The summed E-state index contributed by atoms with van der Waals surface area (Å²) in [6.07, 6.45) is 2.92. The Morgan fingerprint density at radius 1 is 1.56 bits per heavy atom. The van der Waals surface area contributed by atoms with Crippen molar-refractivity contribution in [3.63, 3.8) is 0 Å². The molecule has 3 N–H and O–H groups in total. The molecule has 1 unspecified atom stereocenters. The highest BCUT2D eigenvalue weighted by atomic mass is 16.4. The first kappa shape index (κ1) is 13.0. The van der Waals surface area contributed by atoms with Crippen LogP contribution in [0.4, 0.5) is 0 Å². The van der Waals surface area contributed by atoms with Gasteiger partial charge in [-0.05, 0) is 32.7 Å². The molecular formula is C11H20N2O3. The molecule has 1 saturated heterocycles. The average Bonchev–Trinajstić information content (AvgIpc) is 2.70.